The van der Waals surface area contributed by atoms with Crippen molar-refractivity contribution in [3.8, 4) is 0 Å². The topological polar surface area (TPSA) is 96.4 Å². The third-order valence-corrected chi connectivity index (χ3v) is 5.01. The Balaban J connectivity index is 2.33. The number of benzene rings is 1. The first-order chi connectivity index (χ1) is 9.81. The van der Waals surface area contributed by atoms with Crippen molar-refractivity contribution in [1.82, 2.24) is 9.71 Å². The van der Waals surface area contributed by atoms with Crippen LogP contribution in [0.15, 0.2) is 28.7 Å². The van der Waals surface area contributed by atoms with Crippen molar-refractivity contribution < 1.29 is 22.7 Å². The Bertz CT molecular complexity index is 778. The number of hydrogen-bond acceptors (Lipinski definition) is 5. The summed E-state index contributed by atoms with van der Waals surface area (Å²) in [6.45, 7) is -0.0281. The summed E-state index contributed by atoms with van der Waals surface area (Å²) >= 11 is 6.74. The summed E-state index contributed by atoms with van der Waals surface area (Å²) in [5, 5.41) is 8.25. The van der Waals surface area contributed by atoms with Gasteiger partial charge in [-0.2, -0.15) is 0 Å². The van der Waals surface area contributed by atoms with Gasteiger partial charge in [0.25, 0.3) is 0 Å². The van der Waals surface area contributed by atoms with Crippen molar-refractivity contribution in [2.75, 3.05) is 0 Å². The Kier molecular flexibility index (Phi) is 4.57. The summed E-state index contributed by atoms with van der Waals surface area (Å²) in [7, 11) is -4.06. The van der Waals surface area contributed by atoms with Crippen LogP contribution in [0.1, 0.15) is 15.2 Å². The predicted octanol–water partition coefficient (Wildman–Crippen LogP) is 2.11. The first kappa shape index (κ1) is 15.8. The molecular weight excluding hydrogens is 343 g/mol. The van der Waals surface area contributed by atoms with Gasteiger partial charge < -0.3 is 5.11 Å². The standard InChI is InChI=1S/C11H8ClFN2O4S2/c12-10-8(11(16)17)1-7(2-9(10)13)21(18,19)15-4-6-3-14-5-20-6/h1-3,5,15H,4H2,(H,16,17). The minimum atomic E-state index is -4.06. The van der Waals surface area contributed by atoms with Gasteiger partial charge in [-0.3, -0.25) is 4.98 Å². The highest BCUT2D eigenvalue weighted by atomic mass is 35.5. The molecule has 2 N–H and O–H groups in total. The molecular formula is C11H8ClFN2O4S2. The molecule has 0 aliphatic rings. The maximum Gasteiger partial charge on any atom is 0.337 e. The van der Waals surface area contributed by atoms with E-state index in [-0.39, 0.29) is 6.54 Å². The molecule has 0 unspecified atom stereocenters. The number of carboxylic acid groups (broad SMARTS) is 1. The summed E-state index contributed by atoms with van der Waals surface area (Å²) in [4.78, 5) is 14.9. The van der Waals surface area contributed by atoms with Crippen LogP contribution in [-0.4, -0.2) is 24.5 Å². The highest BCUT2D eigenvalue weighted by molar-refractivity contribution is 7.89. The predicted molar refractivity (Wildman–Crippen MR) is 74.5 cm³/mol. The van der Waals surface area contributed by atoms with E-state index in [0.29, 0.717) is 10.9 Å². The monoisotopic (exact) mass is 350 g/mol. The number of rotatable bonds is 5. The second-order valence-electron chi connectivity index (χ2n) is 3.86. The number of nitrogens with zero attached hydrogens (tertiary/aromatic N) is 1. The van der Waals surface area contributed by atoms with Crippen LogP contribution >= 0.6 is 22.9 Å². The fourth-order valence-corrected chi connectivity index (χ4v) is 3.31. The molecule has 10 heteroatoms. The zero-order valence-electron chi connectivity index (χ0n) is 10.2. The Hall–Kier alpha value is -1.55. The summed E-state index contributed by atoms with van der Waals surface area (Å²) < 4.78 is 39.9. The van der Waals surface area contributed by atoms with Gasteiger partial charge in [-0.1, -0.05) is 11.6 Å². The maximum atomic E-state index is 13.5. The second kappa shape index (κ2) is 6.06. The molecule has 1 heterocycles. The lowest BCUT2D eigenvalue weighted by atomic mass is 10.2. The smallest absolute Gasteiger partial charge is 0.337 e. The van der Waals surface area contributed by atoms with Gasteiger partial charge in [0.15, 0.2) is 0 Å². The number of sulfonamides is 1. The molecule has 112 valence electrons. The zero-order valence-corrected chi connectivity index (χ0v) is 12.6. The van der Waals surface area contributed by atoms with E-state index in [1.165, 1.54) is 23.0 Å². The number of thiazole rings is 1. The van der Waals surface area contributed by atoms with Crippen LogP contribution in [0.4, 0.5) is 4.39 Å². The minimum Gasteiger partial charge on any atom is -0.478 e. The van der Waals surface area contributed by atoms with Crippen LogP contribution in [0, 0.1) is 5.82 Å². The van der Waals surface area contributed by atoms with Gasteiger partial charge in [0.1, 0.15) is 5.82 Å². The first-order valence-corrected chi connectivity index (χ1v) is 8.14. The lowest BCUT2D eigenvalue weighted by Gasteiger charge is -2.08. The number of aromatic nitrogens is 1. The van der Waals surface area contributed by atoms with Crippen molar-refractivity contribution in [2.24, 2.45) is 0 Å². The normalized spacial score (nSPS) is 11.5. The lowest BCUT2D eigenvalue weighted by Crippen LogP contribution is -2.23. The van der Waals surface area contributed by atoms with Crippen LogP contribution in [0.3, 0.4) is 0 Å². The molecule has 6 nitrogen and oxygen atoms in total. The largest absolute Gasteiger partial charge is 0.478 e. The highest BCUT2D eigenvalue weighted by Crippen LogP contribution is 2.24. The number of aromatic carboxylic acids is 1. The maximum absolute atomic E-state index is 13.5. The minimum absolute atomic E-state index is 0.0281. The van der Waals surface area contributed by atoms with Crippen LogP contribution in [0.5, 0.6) is 0 Å². The summed E-state index contributed by atoms with van der Waals surface area (Å²) in [5.74, 6) is -2.63. The molecule has 0 aliphatic heterocycles. The Morgan fingerprint density at radius 1 is 1.48 bits per heavy atom. The SMILES string of the molecule is O=C(O)c1cc(S(=O)(=O)NCc2cncs2)cc(F)c1Cl. The summed E-state index contributed by atoms with van der Waals surface area (Å²) in [5.41, 5.74) is 0.920. The molecule has 0 fully saturated rings. The number of halogens is 2. The number of hydrogen-bond donors (Lipinski definition) is 2. The fraction of sp³-hybridized carbons (Fsp3) is 0.0909. The van der Waals surface area contributed by atoms with E-state index in [9.17, 15) is 17.6 Å². The highest BCUT2D eigenvalue weighted by Gasteiger charge is 2.21. The third kappa shape index (κ3) is 3.56. The van der Waals surface area contributed by atoms with Crippen molar-refractivity contribution in [3.63, 3.8) is 0 Å². The average molecular weight is 351 g/mol. The molecule has 0 amide bonds. The molecule has 0 bridgehead atoms. The van der Waals surface area contributed by atoms with Gasteiger partial charge in [-0.15, -0.1) is 11.3 Å². The molecule has 2 rings (SSSR count). The van der Waals surface area contributed by atoms with Crippen LogP contribution in [0.2, 0.25) is 5.02 Å². The lowest BCUT2D eigenvalue weighted by molar-refractivity contribution is 0.0696. The summed E-state index contributed by atoms with van der Waals surface area (Å²) in [6.07, 6.45) is 1.48. The van der Waals surface area contributed by atoms with Gasteiger partial charge in [-0.05, 0) is 12.1 Å². The van der Waals surface area contributed by atoms with E-state index in [4.69, 9.17) is 16.7 Å². The molecule has 2 aromatic rings. The summed E-state index contributed by atoms with van der Waals surface area (Å²) in [6, 6.07) is 1.48. The molecule has 0 spiro atoms. The molecule has 21 heavy (non-hydrogen) atoms. The van der Waals surface area contributed by atoms with Crippen LogP contribution in [-0.2, 0) is 16.6 Å². The molecule has 1 aromatic heterocycles. The van der Waals surface area contributed by atoms with Gasteiger partial charge in [0.2, 0.25) is 10.0 Å². The average Bonchev–Trinajstić information content (AvgIpc) is 2.92. The number of carbonyl (C=O) groups is 1. The van der Waals surface area contributed by atoms with E-state index >= 15 is 0 Å². The molecule has 0 aliphatic carbocycles. The van der Waals surface area contributed by atoms with E-state index in [0.717, 1.165) is 6.07 Å². The van der Waals surface area contributed by atoms with Crippen LogP contribution < -0.4 is 4.72 Å². The second-order valence-corrected chi connectivity index (χ2v) is 6.98. The first-order valence-electron chi connectivity index (χ1n) is 5.40. The van der Waals surface area contributed by atoms with Crippen LogP contribution in [0.25, 0.3) is 0 Å². The Morgan fingerprint density at radius 2 is 2.19 bits per heavy atom. The van der Waals surface area contributed by atoms with E-state index < -0.39 is 37.3 Å². The van der Waals surface area contributed by atoms with Crippen molar-refractivity contribution in [1.29, 1.82) is 0 Å². The van der Waals surface area contributed by atoms with Gasteiger partial charge in [0.05, 0.1) is 21.0 Å². The van der Waals surface area contributed by atoms with Gasteiger partial charge in [-0.25, -0.2) is 22.3 Å². The quantitative estimate of drug-likeness (QED) is 0.861. The molecule has 0 radical (unpaired) electrons. The van der Waals surface area contributed by atoms with Crippen molar-refractivity contribution in [2.45, 2.75) is 11.4 Å². The van der Waals surface area contributed by atoms with E-state index in [1.807, 2.05) is 0 Å². The molecule has 0 saturated carbocycles. The van der Waals surface area contributed by atoms with Crippen molar-refractivity contribution in [3.05, 3.63) is 45.1 Å². The number of carboxylic acids is 1. The van der Waals surface area contributed by atoms with E-state index in [2.05, 4.69) is 9.71 Å². The fourth-order valence-electron chi connectivity index (χ4n) is 1.45. The molecule has 1 aromatic carbocycles. The molecule has 0 atom stereocenters. The zero-order chi connectivity index (χ0) is 15.6. The Morgan fingerprint density at radius 3 is 2.76 bits per heavy atom. The van der Waals surface area contributed by atoms with Gasteiger partial charge in [0, 0.05) is 17.6 Å². The van der Waals surface area contributed by atoms with E-state index in [1.54, 1.807) is 0 Å². The molecule has 0 saturated heterocycles. The number of nitrogens with one attached hydrogen (secondary N) is 1. The van der Waals surface area contributed by atoms with Crippen molar-refractivity contribution >= 4 is 38.9 Å². The Labute approximate surface area is 128 Å². The van der Waals surface area contributed by atoms with Gasteiger partial charge >= 0.3 is 5.97 Å². The third-order valence-electron chi connectivity index (χ3n) is 2.46.